The van der Waals surface area contributed by atoms with Crippen molar-refractivity contribution in [3.63, 3.8) is 0 Å². The molecule has 0 bridgehead atoms. The summed E-state index contributed by atoms with van der Waals surface area (Å²) in [5, 5.41) is 15.0. The van der Waals surface area contributed by atoms with E-state index < -0.39 is 6.10 Å². The van der Waals surface area contributed by atoms with Crippen LogP contribution in [-0.4, -0.2) is 48.3 Å². The molecule has 1 fully saturated rings. The van der Waals surface area contributed by atoms with Gasteiger partial charge in [-0.25, -0.2) is 0 Å². The Bertz CT molecular complexity index is 406. The van der Waals surface area contributed by atoms with Crippen molar-refractivity contribution in [2.75, 3.05) is 13.2 Å². The summed E-state index contributed by atoms with van der Waals surface area (Å²) in [6.45, 7) is 2.32. The minimum Gasteiger partial charge on any atom is -0.394 e. The van der Waals surface area contributed by atoms with E-state index in [1.807, 2.05) is 0 Å². The molecule has 1 aliphatic carbocycles. The second-order valence-corrected chi connectivity index (χ2v) is 5.68. The van der Waals surface area contributed by atoms with Gasteiger partial charge in [-0.05, 0) is 18.8 Å². The minimum absolute atomic E-state index is 0.0377. The highest BCUT2D eigenvalue weighted by Crippen LogP contribution is 2.27. The highest BCUT2D eigenvalue weighted by molar-refractivity contribution is 5.77. The van der Waals surface area contributed by atoms with Crippen molar-refractivity contribution in [1.29, 1.82) is 0 Å². The fourth-order valence-corrected chi connectivity index (χ4v) is 2.26. The van der Waals surface area contributed by atoms with Gasteiger partial charge >= 0.3 is 0 Å². The average Bonchev–Trinajstić information content (AvgIpc) is 3.30. The quantitative estimate of drug-likeness (QED) is 0.582. The average molecular weight is 296 g/mol. The lowest BCUT2D eigenvalue weighted by atomic mass is 10.0. The lowest BCUT2D eigenvalue weighted by Crippen LogP contribution is -2.49. The van der Waals surface area contributed by atoms with Crippen molar-refractivity contribution in [2.45, 2.75) is 50.9 Å². The lowest BCUT2D eigenvalue weighted by Gasteiger charge is -2.31. The van der Waals surface area contributed by atoms with Crippen LogP contribution >= 0.6 is 0 Å². The minimum atomic E-state index is -0.508. The molecule has 0 saturated heterocycles. The van der Waals surface area contributed by atoms with E-state index >= 15 is 0 Å². The molecule has 0 aromatic heterocycles. The van der Waals surface area contributed by atoms with Gasteiger partial charge in [-0.15, -0.1) is 0 Å². The van der Waals surface area contributed by atoms with Crippen molar-refractivity contribution in [2.24, 2.45) is 5.92 Å². The highest BCUT2D eigenvalue weighted by Gasteiger charge is 2.29. The fourth-order valence-electron chi connectivity index (χ4n) is 2.26. The van der Waals surface area contributed by atoms with Gasteiger partial charge in [0, 0.05) is 13.0 Å². The van der Waals surface area contributed by atoms with E-state index in [1.165, 1.54) is 12.8 Å². The smallest absolute Gasteiger partial charge is 0.222 e. The first-order valence-corrected chi connectivity index (χ1v) is 7.63. The van der Waals surface area contributed by atoms with Crippen molar-refractivity contribution in [3.8, 4) is 0 Å². The number of hydrogen-bond acceptors (Lipinski definition) is 4. The molecular weight excluding hydrogens is 272 g/mol. The van der Waals surface area contributed by atoms with Gasteiger partial charge in [-0.3, -0.25) is 9.59 Å². The summed E-state index contributed by atoms with van der Waals surface area (Å²) in [6.07, 6.45) is 5.75. The van der Waals surface area contributed by atoms with Gasteiger partial charge < -0.3 is 20.5 Å². The molecular formula is C15H24N2O4. The molecule has 0 aromatic rings. The van der Waals surface area contributed by atoms with E-state index in [4.69, 9.17) is 4.74 Å². The second-order valence-electron chi connectivity index (χ2n) is 5.68. The molecule has 6 nitrogen and oxygen atoms in total. The number of aliphatic hydroxyl groups excluding tert-OH is 1. The summed E-state index contributed by atoms with van der Waals surface area (Å²) in [7, 11) is 0. The number of carbonyl (C=O) groups excluding carboxylic acids is 2. The molecule has 21 heavy (non-hydrogen) atoms. The zero-order valence-corrected chi connectivity index (χ0v) is 12.4. The number of aliphatic hydroxyl groups is 1. The maximum absolute atomic E-state index is 11.8. The summed E-state index contributed by atoms with van der Waals surface area (Å²) in [4.78, 5) is 23.2. The molecule has 0 spiro atoms. The van der Waals surface area contributed by atoms with E-state index in [-0.39, 0.29) is 37.0 Å². The first-order valence-electron chi connectivity index (χ1n) is 7.63. The molecule has 1 saturated carbocycles. The van der Waals surface area contributed by atoms with E-state index in [2.05, 4.69) is 10.6 Å². The van der Waals surface area contributed by atoms with Gasteiger partial charge in [0.25, 0.3) is 0 Å². The van der Waals surface area contributed by atoms with Crippen LogP contribution in [-0.2, 0) is 14.3 Å². The van der Waals surface area contributed by atoms with Gasteiger partial charge in [0.1, 0.15) is 6.10 Å². The summed E-state index contributed by atoms with van der Waals surface area (Å²) < 4.78 is 5.67. The maximum atomic E-state index is 11.8. The van der Waals surface area contributed by atoms with Crippen LogP contribution in [0.15, 0.2) is 12.2 Å². The van der Waals surface area contributed by atoms with Gasteiger partial charge in [-0.1, -0.05) is 19.1 Å². The van der Waals surface area contributed by atoms with Crippen molar-refractivity contribution < 1.29 is 19.4 Å². The maximum Gasteiger partial charge on any atom is 0.222 e. The Morgan fingerprint density at radius 2 is 2.05 bits per heavy atom. The van der Waals surface area contributed by atoms with E-state index in [1.54, 1.807) is 19.1 Å². The second kappa shape index (κ2) is 7.56. The standard InChI is InChI=1S/C15H24N2O4/c1-2-14(19)17-12-6-5-11(21-13(12)9-18)7-15(20)16-8-10-3-4-10/h5-6,10-13,18H,2-4,7-9H2,1H3,(H,16,20)(H,17,19)/t11-,12-,13-/m0/s1. The zero-order valence-electron chi connectivity index (χ0n) is 12.4. The SMILES string of the molecule is CCC(=O)N[C@H]1C=C[C@@H](CC(=O)NCC2CC2)O[C@H]1CO. The summed E-state index contributed by atoms with van der Waals surface area (Å²) >= 11 is 0. The van der Waals surface area contributed by atoms with Crippen LogP contribution in [0.1, 0.15) is 32.6 Å². The molecule has 0 unspecified atom stereocenters. The van der Waals surface area contributed by atoms with Crippen molar-refractivity contribution >= 4 is 11.8 Å². The van der Waals surface area contributed by atoms with Crippen LogP contribution in [0.25, 0.3) is 0 Å². The zero-order chi connectivity index (χ0) is 15.2. The Morgan fingerprint density at radius 1 is 1.29 bits per heavy atom. The van der Waals surface area contributed by atoms with Gasteiger partial charge in [0.05, 0.1) is 25.2 Å². The molecule has 118 valence electrons. The Balaban J connectivity index is 1.80. The topological polar surface area (TPSA) is 87.7 Å². The molecule has 3 atom stereocenters. The van der Waals surface area contributed by atoms with Gasteiger partial charge in [-0.2, -0.15) is 0 Å². The normalized spacial score (nSPS) is 28.2. The third-order valence-electron chi connectivity index (χ3n) is 3.78. The first kappa shape index (κ1) is 16.0. The molecule has 2 aliphatic rings. The third-order valence-corrected chi connectivity index (χ3v) is 3.78. The van der Waals surface area contributed by atoms with Crippen LogP contribution < -0.4 is 10.6 Å². The Kier molecular flexibility index (Phi) is 5.76. The van der Waals surface area contributed by atoms with Crippen molar-refractivity contribution in [3.05, 3.63) is 12.2 Å². The number of hydrogen-bond donors (Lipinski definition) is 3. The summed E-state index contributed by atoms with van der Waals surface area (Å²) in [6, 6.07) is -0.340. The number of nitrogens with one attached hydrogen (secondary N) is 2. The molecule has 2 rings (SSSR count). The molecule has 3 N–H and O–H groups in total. The number of amides is 2. The number of rotatable bonds is 7. The largest absolute Gasteiger partial charge is 0.394 e. The van der Waals surface area contributed by atoms with Crippen LogP contribution in [0.2, 0.25) is 0 Å². The van der Waals surface area contributed by atoms with E-state index in [0.717, 1.165) is 6.54 Å². The van der Waals surface area contributed by atoms with Crippen LogP contribution in [0.4, 0.5) is 0 Å². The first-order chi connectivity index (χ1) is 10.1. The third kappa shape index (κ3) is 5.13. The van der Waals surface area contributed by atoms with Crippen molar-refractivity contribution in [1.82, 2.24) is 10.6 Å². The molecule has 6 heteroatoms. The molecule has 1 heterocycles. The lowest BCUT2D eigenvalue weighted by molar-refractivity contribution is -0.128. The predicted molar refractivity (Wildman–Crippen MR) is 77.5 cm³/mol. The summed E-state index contributed by atoms with van der Waals surface area (Å²) in [5.74, 6) is 0.521. The van der Waals surface area contributed by atoms with E-state index in [9.17, 15) is 14.7 Å². The predicted octanol–water partition coefficient (Wildman–Crippen LogP) is 0.113. The van der Waals surface area contributed by atoms with E-state index in [0.29, 0.717) is 12.3 Å². The highest BCUT2D eigenvalue weighted by atomic mass is 16.5. The molecule has 0 aromatic carbocycles. The van der Waals surface area contributed by atoms with Crippen LogP contribution in [0.3, 0.4) is 0 Å². The molecule has 1 aliphatic heterocycles. The van der Waals surface area contributed by atoms with Crippen LogP contribution in [0.5, 0.6) is 0 Å². The Hall–Kier alpha value is -1.40. The van der Waals surface area contributed by atoms with Crippen LogP contribution in [0, 0.1) is 5.92 Å². The Morgan fingerprint density at radius 3 is 2.67 bits per heavy atom. The molecule has 2 amide bonds. The van der Waals surface area contributed by atoms with Gasteiger partial charge in [0.15, 0.2) is 0 Å². The fraction of sp³-hybridized carbons (Fsp3) is 0.733. The van der Waals surface area contributed by atoms with Gasteiger partial charge in [0.2, 0.25) is 11.8 Å². The number of ether oxygens (including phenoxy) is 1. The summed E-state index contributed by atoms with van der Waals surface area (Å²) in [5.41, 5.74) is 0. The molecule has 0 radical (unpaired) electrons. The number of carbonyl (C=O) groups is 2. The Labute approximate surface area is 124 Å². The monoisotopic (exact) mass is 296 g/mol.